The van der Waals surface area contributed by atoms with Gasteiger partial charge in [0.2, 0.25) is 0 Å². The molecule has 0 saturated carbocycles. The van der Waals surface area contributed by atoms with Gasteiger partial charge in [-0.2, -0.15) is 5.10 Å². The molecular formula is C19H21Cl2N5. The number of nitrogens with one attached hydrogen (secondary N) is 1. The molecule has 1 saturated heterocycles. The van der Waals surface area contributed by atoms with Crippen LogP contribution in [0.2, 0.25) is 10.0 Å². The Morgan fingerprint density at radius 2 is 1.85 bits per heavy atom. The van der Waals surface area contributed by atoms with E-state index in [1.165, 1.54) is 5.69 Å². The number of piperidine rings is 1. The minimum atomic E-state index is 0.538. The predicted molar refractivity (Wildman–Crippen MR) is 106 cm³/mol. The minimum Gasteiger partial charge on any atom is -0.356 e. The minimum absolute atomic E-state index is 0.538. The summed E-state index contributed by atoms with van der Waals surface area (Å²) in [5.41, 5.74) is 4.30. The number of aryl methyl sites for hydroxylation is 2. The van der Waals surface area contributed by atoms with E-state index < -0.39 is 0 Å². The van der Waals surface area contributed by atoms with E-state index in [9.17, 15) is 0 Å². The van der Waals surface area contributed by atoms with Gasteiger partial charge in [-0.25, -0.2) is 9.67 Å². The van der Waals surface area contributed by atoms with Crippen LogP contribution >= 0.6 is 23.2 Å². The molecule has 0 unspecified atom stereocenters. The van der Waals surface area contributed by atoms with E-state index >= 15 is 0 Å². The maximum atomic E-state index is 6.20. The van der Waals surface area contributed by atoms with Gasteiger partial charge < -0.3 is 9.88 Å². The van der Waals surface area contributed by atoms with Crippen LogP contribution in [-0.2, 0) is 0 Å². The maximum absolute atomic E-state index is 6.20. The third kappa shape index (κ3) is 3.21. The monoisotopic (exact) mass is 389 g/mol. The van der Waals surface area contributed by atoms with Crippen molar-refractivity contribution in [2.45, 2.75) is 32.6 Å². The van der Waals surface area contributed by atoms with Crippen LogP contribution in [0.5, 0.6) is 0 Å². The molecule has 1 N–H and O–H groups in total. The largest absolute Gasteiger partial charge is 0.356 e. The van der Waals surface area contributed by atoms with Gasteiger partial charge in [0.05, 0.1) is 33.4 Å². The van der Waals surface area contributed by atoms with Gasteiger partial charge in [-0.15, -0.1) is 0 Å². The van der Waals surface area contributed by atoms with Gasteiger partial charge >= 0.3 is 0 Å². The zero-order valence-corrected chi connectivity index (χ0v) is 16.3. The lowest BCUT2D eigenvalue weighted by atomic mass is 9.92. The lowest BCUT2D eigenvalue weighted by molar-refractivity contribution is 0.490. The Labute approximate surface area is 162 Å². The zero-order chi connectivity index (χ0) is 18.3. The van der Waals surface area contributed by atoms with E-state index in [0.717, 1.165) is 48.8 Å². The van der Waals surface area contributed by atoms with Crippen molar-refractivity contribution in [3.63, 3.8) is 0 Å². The highest BCUT2D eigenvalue weighted by Gasteiger charge is 2.25. The van der Waals surface area contributed by atoms with E-state index in [4.69, 9.17) is 23.2 Å². The Bertz CT molecular complexity index is 922. The van der Waals surface area contributed by atoms with E-state index in [2.05, 4.69) is 33.0 Å². The van der Waals surface area contributed by atoms with Crippen LogP contribution in [0.1, 0.15) is 35.8 Å². The van der Waals surface area contributed by atoms with E-state index in [1.54, 1.807) is 6.33 Å². The van der Waals surface area contributed by atoms with Crippen molar-refractivity contribution in [2.75, 3.05) is 18.0 Å². The van der Waals surface area contributed by atoms with Crippen LogP contribution in [0.4, 0.5) is 5.82 Å². The molecule has 0 radical (unpaired) electrons. The molecule has 1 aromatic carbocycles. The molecule has 7 heteroatoms. The van der Waals surface area contributed by atoms with Crippen LogP contribution in [0.15, 0.2) is 30.6 Å². The summed E-state index contributed by atoms with van der Waals surface area (Å²) in [4.78, 5) is 10.0. The number of hydrogen-bond acceptors (Lipinski definition) is 3. The van der Waals surface area contributed by atoms with Crippen LogP contribution < -0.4 is 4.90 Å². The molecule has 2 aromatic heterocycles. The van der Waals surface area contributed by atoms with Crippen LogP contribution in [-0.4, -0.2) is 32.8 Å². The first-order valence-corrected chi connectivity index (χ1v) is 9.55. The summed E-state index contributed by atoms with van der Waals surface area (Å²) in [7, 11) is 0. The van der Waals surface area contributed by atoms with Crippen molar-refractivity contribution in [1.82, 2.24) is 19.7 Å². The molecule has 5 nitrogen and oxygen atoms in total. The number of nitrogens with zero attached hydrogens (tertiary/aromatic N) is 4. The summed E-state index contributed by atoms with van der Waals surface area (Å²) >= 11 is 12.3. The number of aromatic amines is 1. The molecule has 1 aliphatic rings. The number of rotatable bonds is 3. The second-order valence-electron chi connectivity index (χ2n) is 6.82. The first kappa shape index (κ1) is 17.4. The number of benzene rings is 1. The first-order chi connectivity index (χ1) is 12.5. The van der Waals surface area contributed by atoms with Crippen molar-refractivity contribution in [2.24, 2.45) is 0 Å². The third-order valence-electron chi connectivity index (χ3n) is 5.06. The van der Waals surface area contributed by atoms with Gasteiger partial charge in [0.25, 0.3) is 0 Å². The molecule has 3 heterocycles. The Morgan fingerprint density at radius 3 is 2.50 bits per heavy atom. The fourth-order valence-electron chi connectivity index (χ4n) is 3.70. The second-order valence-corrected chi connectivity index (χ2v) is 7.63. The topological polar surface area (TPSA) is 49.7 Å². The zero-order valence-electron chi connectivity index (χ0n) is 14.8. The molecule has 136 valence electrons. The molecular weight excluding hydrogens is 369 g/mol. The SMILES string of the molecule is Cc1cc(N2CCC(c3[nH]cnc3C)CC2)n(-c2ccc(Cl)c(Cl)c2)n1. The standard InChI is InChI=1S/C19H21Cl2N5/c1-12-9-18(26(24-12)15-3-4-16(20)17(21)10-15)25-7-5-14(6-8-25)19-13(2)22-11-23-19/h3-4,9-11,14H,5-8H2,1-2H3,(H,22,23). The van der Waals surface area contributed by atoms with Crippen molar-refractivity contribution in [3.05, 3.63) is 57.7 Å². The van der Waals surface area contributed by atoms with Crippen molar-refractivity contribution < 1.29 is 0 Å². The summed E-state index contributed by atoms with van der Waals surface area (Å²) in [6.07, 6.45) is 3.98. The van der Waals surface area contributed by atoms with E-state index in [-0.39, 0.29) is 0 Å². The quantitative estimate of drug-likeness (QED) is 0.692. The number of H-pyrrole nitrogens is 1. The van der Waals surface area contributed by atoms with Crippen LogP contribution in [0, 0.1) is 13.8 Å². The number of imidazole rings is 1. The Balaban J connectivity index is 1.58. The molecule has 0 spiro atoms. The molecule has 26 heavy (non-hydrogen) atoms. The van der Waals surface area contributed by atoms with Gasteiger partial charge in [0.1, 0.15) is 5.82 Å². The molecule has 4 rings (SSSR count). The van der Waals surface area contributed by atoms with Gasteiger partial charge in [-0.05, 0) is 44.9 Å². The second kappa shape index (κ2) is 6.97. The van der Waals surface area contributed by atoms with Crippen LogP contribution in [0.25, 0.3) is 5.69 Å². The van der Waals surface area contributed by atoms with E-state index in [0.29, 0.717) is 16.0 Å². The van der Waals surface area contributed by atoms with Gasteiger partial charge in [-0.3, -0.25) is 0 Å². The summed E-state index contributed by atoms with van der Waals surface area (Å²) in [5, 5.41) is 5.76. The fraction of sp³-hybridized carbons (Fsp3) is 0.368. The highest BCUT2D eigenvalue weighted by molar-refractivity contribution is 6.42. The number of halogens is 2. The van der Waals surface area contributed by atoms with Gasteiger partial charge in [-0.1, -0.05) is 23.2 Å². The van der Waals surface area contributed by atoms with Crippen molar-refractivity contribution in [1.29, 1.82) is 0 Å². The normalized spacial score (nSPS) is 15.6. The highest BCUT2D eigenvalue weighted by atomic mass is 35.5. The molecule has 3 aromatic rings. The lowest BCUT2D eigenvalue weighted by Gasteiger charge is -2.33. The maximum Gasteiger partial charge on any atom is 0.132 e. The Kier molecular flexibility index (Phi) is 4.67. The number of aromatic nitrogens is 4. The summed E-state index contributed by atoms with van der Waals surface area (Å²) < 4.78 is 1.96. The highest BCUT2D eigenvalue weighted by Crippen LogP contribution is 2.33. The molecule has 0 amide bonds. The van der Waals surface area contributed by atoms with Crippen LogP contribution in [0.3, 0.4) is 0 Å². The average molecular weight is 390 g/mol. The molecule has 0 atom stereocenters. The summed E-state index contributed by atoms with van der Waals surface area (Å²) in [6.45, 7) is 6.05. The molecule has 1 fully saturated rings. The van der Waals surface area contributed by atoms with Gasteiger partial charge in [0.15, 0.2) is 0 Å². The average Bonchev–Trinajstić information content (AvgIpc) is 3.23. The van der Waals surface area contributed by atoms with Gasteiger partial charge in [0, 0.05) is 30.8 Å². The third-order valence-corrected chi connectivity index (χ3v) is 5.79. The van der Waals surface area contributed by atoms with Crippen molar-refractivity contribution in [3.8, 4) is 5.69 Å². The van der Waals surface area contributed by atoms with Crippen molar-refractivity contribution >= 4 is 29.0 Å². The summed E-state index contributed by atoms with van der Waals surface area (Å²) in [5.74, 6) is 1.64. The predicted octanol–water partition coefficient (Wildman–Crippen LogP) is 4.90. The Morgan fingerprint density at radius 1 is 1.08 bits per heavy atom. The molecule has 1 aliphatic heterocycles. The Hall–Kier alpha value is -1.98. The molecule has 0 aliphatic carbocycles. The number of hydrogen-bond donors (Lipinski definition) is 1. The number of anilines is 1. The lowest BCUT2D eigenvalue weighted by Crippen LogP contribution is -2.34. The summed E-state index contributed by atoms with van der Waals surface area (Å²) in [6, 6.07) is 7.75. The fourth-order valence-corrected chi connectivity index (χ4v) is 3.99. The smallest absolute Gasteiger partial charge is 0.132 e. The van der Waals surface area contributed by atoms with E-state index in [1.807, 2.05) is 29.8 Å². The first-order valence-electron chi connectivity index (χ1n) is 8.80. The molecule has 0 bridgehead atoms.